The van der Waals surface area contributed by atoms with Crippen molar-refractivity contribution >= 4 is 15.9 Å². The van der Waals surface area contributed by atoms with E-state index in [0.717, 1.165) is 24.3 Å². The molecule has 30 heavy (non-hydrogen) atoms. The summed E-state index contributed by atoms with van der Waals surface area (Å²) in [6, 6.07) is 6.56. The van der Waals surface area contributed by atoms with Crippen LogP contribution < -0.4 is 4.74 Å². The van der Waals surface area contributed by atoms with Crippen LogP contribution in [-0.2, 0) is 10.9 Å². The lowest BCUT2D eigenvalue weighted by atomic mass is 10.1. The molecule has 10 heteroatoms. The molecule has 2 aromatic carbocycles. The summed E-state index contributed by atoms with van der Waals surface area (Å²) in [5.41, 5.74) is -0.402. The zero-order valence-electron chi connectivity index (χ0n) is 15.7. The van der Waals surface area contributed by atoms with Gasteiger partial charge < -0.3 is 13.9 Å². The van der Waals surface area contributed by atoms with E-state index in [4.69, 9.17) is 13.9 Å². The van der Waals surface area contributed by atoms with E-state index >= 15 is 0 Å². The number of benzene rings is 2. The summed E-state index contributed by atoms with van der Waals surface area (Å²) in [5, 5.41) is 0. The molecule has 0 amide bonds. The van der Waals surface area contributed by atoms with Crippen LogP contribution in [0.15, 0.2) is 45.5 Å². The van der Waals surface area contributed by atoms with Crippen molar-refractivity contribution in [3.05, 3.63) is 69.7 Å². The van der Waals surface area contributed by atoms with Gasteiger partial charge in [0.2, 0.25) is 5.89 Å². The third-order valence-corrected chi connectivity index (χ3v) is 4.77. The Kier molecular flexibility index (Phi) is 6.47. The van der Waals surface area contributed by atoms with Crippen molar-refractivity contribution in [3.8, 4) is 17.0 Å². The maximum absolute atomic E-state index is 14.3. The zero-order chi connectivity index (χ0) is 22.1. The van der Waals surface area contributed by atoms with E-state index in [1.54, 1.807) is 0 Å². The van der Waals surface area contributed by atoms with E-state index in [2.05, 4.69) is 20.9 Å². The zero-order valence-corrected chi connectivity index (χ0v) is 17.3. The second-order valence-corrected chi connectivity index (χ2v) is 7.02. The molecule has 0 N–H and O–H groups in total. The number of ether oxygens (including phenoxy) is 2. The van der Waals surface area contributed by atoms with E-state index < -0.39 is 29.5 Å². The lowest BCUT2D eigenvalue weighted by Gasteiger charge is -2.16. The minimum atomic E-state index is -4.46. The van der Waals surface area contributed by atoms with Crippen LogP contribution in [0, 0.1) is 18.6 Å². The van der Waals surface area contributed by atoms with Crippen LogP contribution in [0.2, 0.25) is 0 Å². The third kappa shape index (κ3) is 4.65. The number of methoxy groups -OCH3 is 1. The van der Waals surface area contributed by atoms with E-state index in [1.807, 2.05) is 0 Å². The monoisotopic (exact) mass is 491 g/mol. The van der Waals surface area contributed by atoms with Gasteiger partial charge in [0.25, 0.3) is 0 Å². The van der Waals surface area contributed by atoms with Crippen molar-refractivity contribution in [2.24, 2.45) is 0 Å². The van der Waals surface area contributed by atoms with E-state index in [-0.39, 0.29) is 34.2 Å². The lowest BCUT2D eigenvalue weighted by molar-refractivity contribution is -0.137. The quantitative estimate of drug-likeness (QED) is 0.370. The van der Waals surface area contributed by atoms with Crippen molar-refractivity contribution in [3.63, 3.8) is 0 Å². The Morgan fingerprint density at radius 2 is 1.77 bits per heavy atom. The fourth-order valence-electron chi connectivity index (χ4n) is 2.64. The normalized spacial score (nSPS) is 12.8. The maximum atomic E-state index is 14.3. The molecule has 0 bridgehead atoms. The maximum Gasteiger partial charge on any atom is 0.416 e. The van der Waals surface area contributed by atoms with Crippen LogP contribution in [0.4, 0.5) is 22.0 Å². The van der Waals surface area contributed by atoms with Gasteiger partial charge in [0.1, 0.15) is 11.5 Å². The molecule has 0 saturated heterocycles. The van der Waals surface area contributed by atoms with Gasteiger partial charge in [-0.05, 0) is 47.1 Å². The molecule has 0 aliphatic carbocycles. The largest absolute Gasteiger partial charge is 0.475 e. The second-order valence-electron chi connectivity index (χ2n) is 6.30. The molecule has 1 atom stereocenters. The molecule has 160 valence electrons. The second kappa shape index (κ2) is 8.73. The topological polar surface area (TPSA) is 44.5 Å². The van der Waals surface area contributed by atoms with Gasteiger partial charge in [0, 0.05) is 18.2 Å². The van der Waals surface area contributed by atoms with E-state index in [9.17, 15) is 22.0 Å². The highest BCUT2D eigenvalue weighted by Crippen LogP contribution is 2.35. The highest BCUT2D eigenvalue weighted by atomic mass is 79.9. The summed E-state index contributed by atoms with van der Waals surface area (Å²) >= 11 is 3.18. The van der Waals surface area contributed by atoms with Crippen molar-refractivity contribution in [1.29, 1.82) is 0 Å². The van der Waals surface area contributed by atoms with Crippen molar-refractivity contribution < 1.29 is 35.8 Å². The highest BCUT2D eigenvalue weighted by Gasteiger charge is 2.30. The van der Waals surface area contributed by atoms with E-state index in [1.165, 1.54) is 26.2 Å². The molecule has 1 unspecified atom stereocenters. The number of halogens is 6. The minimum absolute atomic E-state index is 0.000000905. The van der Waals surface area contributed by atoms with Gasteiger partial charge in [-0.1, -0.05) is 12.1 Å². The molecule has 1 heterocycles. The number of hydrogen-bond acceptors (Lipinski definition) is 4. The Labute approximate surface area is 176 Å². The van der Waals surface area contributed by atoms with Gasteiger partial charge in [0.15, 0.2) is 22.3 Å². The van der Waals surface area contributed by atoms with Crippen LogP contribution in [0.1, 0.15) is 23.1 Å². The Bertz CT molecular complexity index is 1030. The summed E-state index contributed by atoms with van der Waals surface area (Å²) in [4.78, 5) is 4.26. The van der Waals surface area contributed by atoms with Crippen molar-refractivity contribution in [2.75, 3.05) is 13.7 Å². The number of oxazole rings is 1. The molecule has 3 rings (SSSR count). The highest BCUT2D eigenvalue weighted by molar-refractivity contribution is 9.10. The average molecular weight is 492 g/mol. The van der Waals surface area contributed by atoms with Gasteiger partial charge in [-0.3, -0.25) is 0 Å². The van der Waals surface area contributed by atoms with Gasteiger partial charge in [-0.2, -0.15) is 13.2 Å². The first-order chi connectivity index (χ1) is 14.1. The summed E-state index contributed by atoms with van der Waals surface area (Å²) in [6.45, 7) is 1.20. The van der Waals surface area contributed by atoms with E-state index in [0.29, 0.717) is 5.56 Å². The summed E-state index contributed by atoms with van der Waals surface area (Å²) in [5.74, 6) is -1.81. The summed E-state index contributed by atoms with van der Waals surface area (Å²) in [7, 11) is 1.39. The van der Waals surface area contributed by atoms with Crippen LogP contribution in [-0.4, -0.2) is 18.7 Å². The van der Waals surface area contributed by atoms with Crippen LogP contribution in [0.5, 0.6) is 5.75 Å². The molecule has 0 saturated carbocycles. The summed E-state index contributed by atoms with van der Waals surface area (Å²) < 4.78 is 82.4. The van der Waals surface area contributed by atoms with Crippen LogP contribution >= 0.6 is 15.9 Å². The third-order valence-electron chi connectivity index (χ3n) is 4.24. The van der Waals surface area contributed by atoms with Gasteiger partial charge in [-0.15, -0.1) is 0 Å². The minimum Gasteiger partial charge on any atom is -0.475 e. The summed E-state index contributed by atoms with van der Waals surface area (Å²) in [6.07, 6.45) is -5.45. The van der Waals surface area contributed by atoms with Crippen molar-refractivity contribution in [2.45, 2.75) is 19.2 Å². The number of hydrogen-bond donors (Lipinski definition) is 0. The van der Waals surface area contributed by atoms with Crippen LogP contribution in [0.3, 0.4) is 0 Å². The predicted molar refractivity (Wildman–Crippen MR) is 101 cm³/mol. The Morgan fingerprint density at radius 1 is 1.10 bits per heavy atom. The first-order valence-electron chi connectivity index (χ1n) is 8.56. The molecule has 0 fully saturated rings. The van der Waals surface area contributed by atoms with Crippen LogP contribution in [0.25, 0.3) is 11.3 Å². The molecule has 0 aliphatic rings. The van der Waals surface area contributed by atoms with Gasteiger partial charge in [-0.25, -0.2) is 13.8 Å². The predicted octanol–water partition coefficient (Wildman–Crippen LogP) is 6.48. The SMILES string of the molecule is COCC(Oc1ccc(F)c(C)c1F)c1nc(-c2ccc(C(F)(F)F)cc2)c(Br)o1. The molecule has 0 radical (unpaired) electrons. The smallest absolute Gasteiger partial charge is 0.416 e. The van der Waals surface area contributed by atoms with Gasteiger partial charge >= 0.3 is 6.18 Å². The molecule has 0 aliphatic heterocycles. The molecule has 1 aromatic heterocycles. The number of rotatable bonds is 6. The first-order valence-corrected chi connectivity index (χ1v) is 9.35. The number of nitrogens with zero attached hydrogens (tertiary/aromatic N) is 1. The Balaban J connectivity index is 1.91. The average Bonchev–Trinajstić information content (AvgIpc) is 3.09. The molecule has 4 nitrogen and oxygen atoms in total. The Morgan fingerprint density at radius 3 is 2.37 bits per heavy atom. The van der Waals surface area contributed by atoms with Gasteiger partial charge in [0.05, 0.1) is 12.2 Å². The lowest BCUT2D eigenvalue weighted by Crippen LogP contribution is -2.15. The fourth-order valence-corrected chi connectivity index (χ4v) is 3.12. The molecular formula is C20H15BrF5NO3. The molecule has 0 spiro atoms. The molecule has 3 aromatic rings. The van der Waals surface area contributed by atoms with Crippen molar-refractivity contribution in [1.82, 2.24) is 4.98 Å². The molecular weight excluding hydrogens is 477 g/mol. The fraction of sp³-hybridized carbons (Fsp3) is 0.250. The number of alkyl halides is 3. The number of aromatic nitrogens is 1. The Hall–Kier alpha value is -2.46. The first kappa shape index (κ1) is 22.2. The standard InChI is InChI=1S/C20H15BrF5NO3/c1-10-13(22)7-8-14(16(10)23)29-15(9-28-2)19-27-17(18(21)30-19)11-3-5-12(6-4-11)20(24,25)26/h3-8,15H,9H2,1-2H3.